The molecule has 0 heterocycles. The van der Waals surface area contributed by atoms with Crippen LogP contribution >= 0.6 is 12.2 Å². The molecule has 0 bridgehead atoms. The summed E-state index contributed by atoms with van der Waals surface area (Å²) < 4.78 is 44.0. The molecule has 0 amide bonds. The molecular formula is C13H14F3NOS. The second-order valence-corrected chi connectivity index (χ2v) is 5.09. The second-order valence-electron chi connectivity index (χ2n) is 4.65. The van der Waals surface area contributed by atoms with Crippen molar-refractivity contribution in [2.24, 2.45) is 11.7 Å². The van der Waals surface area contributed by atoms with Crippen molar-refractivity contribution in [2.75, 3.05) is 6.61 Å². The van der Waals surface area contributed by atoms with Crippen LogP contribution in [0.1, 0.15) is 30.4 Å². The van der Waals surface area contributed by atoms with E-state index in [1.807, 2.05) is 0 Å². The minimum atomic E-state index is -4.49. The third kappa shape index (κ3) is 3.83. The molecule has 1 aromatic carbocycles. The highest BCUT2D eigenvalue weighted by Crippen LogP contribution is 2.35. The van der Waals surface area contributed by atoms with Crippen molar-refractivity contribution in [1.29, 1.82) is 0 Å². The maximum absolute atomic E-state index is 12.9. The Hall–Kier alpha value is -1.30. The molecule has 0 aliphatic heterocycles. The molecule has 1 aromatic rings. The first-order valence-electron chi connectivity index (χ1n) is 6.02. The van der Waals surface area contributed by atoms with Gasteiger partial charge in [-0.3, -0.25) is 0 Å². The molecular weight excluding hydrogens is 275 g/mol. The lowest BCUT2D eigenvalue weighted by Crippen LogP contribution is -2.18. The fourth-order valence-corrected chi connectivity index (χ4v) is 1.99. The summed E-state index contributed by atoms with van der Waals surface area (Å²) in [5, 5.41) is 0. The lowest BCUT2D eigenvalue weighted by molar-refractivity contribution is -0.137. The van der Waals surface area contributed by atoms with E-state index in [-0.39, 0.29) is 16.3 Å². The summed E-state index contributed by atoms with van der Waals surface area (Å²) in [6.45, 7) is 0.439. The van der Waals surface area contributed by atoms with Crippen LogP contribution < -0.4 is 10.5 Å². The van der Waals surface area contributed by atoms with Crippen molar-refractivity contribution in [3.63, 3.8) is 0 Å². The van der Waals surface area contributed by atoms with Crippen LogP contribution in [0.4, 0.5) is 13.2 Å². The first kappa shape index (κ1) is 14.1. The summed E-state index contributed by atoms with van der Waals surface area (Å²) in [5.41, 5.74) is 4.29. The summed E-state index contributed by atoms with van der Waals surface area (Å²) in [6, 6.07) is 3.69. The minimum Gasteiger partial charge on any atom is -0.494 e. The Morgan fingerprint density at radius 3 is 2.58 bits per heavy atom. The van der Waals surface area contributed by atoms with Crippen LogP contribution in [0.2, 0.25) is 0 Å². The van der Waals surface area contributed by atoms with E-state index in [2.05, 4.69) is 12.2 Å². The van der Waals surface area contributed by atoms with Crippen LogP contribution in [0.5, 0.6) is 5.75 Å². The van der Waals surface area contributed by atoms with Gasteiger partial charge in [0.25, 0.3) is 0 Å². The van der Waals surface area contributed by atoms with Gasteiger partial charge in [0.1, 0.15) is 10.7 Å². The summed E-state index contributed by atoms with van der Waals surface area (Å²) in [6.07, 6.45) is -1.22. The number of hydrogen-bond acceptors (Lipinski definition) is 2. The number of alkyl halides is 3. The Bertz CT molecular complexity index is 483. The summed E-state index contributed by atoms with van der Waals surface area (Å²) in [4.78, 5) is -0.267. The van der Waals surface area contributed by atoms with Gasteiger partial charge in [-0.25, -0.2) is 0 Å². The van der Waals surface area contributed by atoms with Crippen molar-refractivity contribution in [3.8, 4) is 5.75 Å². The Balaban J connectivity index is 2.14. The Morgan fingerprint density at radius 1 is 1.37 bits per heavy atom. The average molecular weight is 289 g/mol. The highest BCUT2D eigenvalue weighted by molar-refractivity contribution is 7.80. The van der Waals surface area contributed by atoms with Gasteiger partial charge in [0.2, 0.25) is 0 Å². The molecule has 19 heavy (non-hydrogen) atoms. The molecule has 0 spiro atoms. The van der Waals surface area contributed by atoms with E-state index < -0.39 is 11.7 Å². The molecule has 0 radical (unpaired) electrons. The maximum atomic E-state index is 12.9. The fraction of sp³-hybridized carbons (Fsp3) is 0.462. The fourth-order valence-electron chi connectivity index (χ4n) is 1.81. The van der Waals surface area contributed by atoms with Crippen LogP contribution in [-0.2, 0) is 6.18 Å². The molecule has 1 aliphatic carbocycles. The topological polar surface area (TPSA) is 35.2 Å². The molecule has 0 atom stereocenters. The zero-order chi connectivity index (χ0) is 14.0. The van der Waals surface area contributed by atoms with Gasteiger partial charge >= 0.3 is 6.18 Å². The van der Waals surface area contributed by atoms with Crippen LogP contribution in [0, 0.1) is 5.92 Å². The Kier molecular flexibility index (Phi) is 3.99. The van der Waals surface area contributed by atoms with E-state index >= 15 is 0 Å². The molecule has 2 N–H and O–H groups in total. The predicted octanol–water partition coefficient (Wildman–Crippen LogP) is 3.52. The number of thiocarbonyl (C=S) groups is 1. The largest absolute Gasteiger partial charge is 0.494 e. The van der Waals surface area contributed by atoms with E-state index in [9.17, 15) is 13.2 Å². The average Bonchev–Trinajstić information content (AvgIpc) is 3.11. The lowest BCUT2D eigenvalue weighted by Gasteiger charge is -2.14. The third-order valence-electron chi connectivity index (χ3n) is 3.05. The van der Waals surface area contributed by atoms with Crippen LogP contribution in [-0.4, -0.2) is 11.6 Å². The van der Waals surface area contributed by atoms with Gasteiger partial charge in [-0.2, -0.15) is 13.2 Å². The SMILES string of the molecule is NC(=S)c1ccc(OCCC2CC2)cc1C(F)(F)F. The number of rotatable bonds is 5. The molecule has 1 fully saturated rings. The zero-order valence-corrected chi connectivity index (χ0v) is 11.0. The molecule has 0 saturated heterocycles. The number of nitrogens with two attached hydrogens (primary N) is 1. The summed E-state index contributed by atoms with van der Waals surface area (Å²) in [5.74, 6) is 0.881. The van der Waals surface area contributed by atoms with Crippen molar-refractivity contribution in [1.82, 2.24) is 0 Å². The first-order valence-corrected chi connectivity index (χ1v) is 6.42. The number of ether oxygens (including phenoxy) is 1. The lowest BCUT2D eigenvalue weighted by atomic mass is 10.1. The van der Waals surface area contributed by atoms with E-state index in [0.717, 1.165) is 12.5 Å². The van der Waals surface area contributed by atoms with Gasteiger partial charge in [-0.1, -0.05) is 25.1 Å². The smallest absolute Gasteiger partial charge is 0.417 e. The monoisotopic (exact) mass is 289 g/mol. The molecule has 6 heteroatoms. The van der Waals surface area contributed by atoms with E-state index in [1.54, 1.807) is 0 Å². The number of hydrogen-bond donors (Lipinski definition) is 1. The first-order chi connectivity index (χ1) is 8.88. The van der Waals surface area contributed by atoms with Gasteiger partial charge in [0.05, 0.1) is 12.2 Å². The van der Waals surface area contributed by atoms with Gasteiger partial charge in [0.15, 0.2) is 0 Å². The van der Waals surface area contributed by atoms with Gasteiger partial charge < -0.3 is 10.5 Å². The van der Waals surface area contributed by atoms with E-state index in [0.29, 0.717) is 12.5 Å². The normalized spacial score (nSPS) is 15.3. The molecule has 0 aromatic heterocycles. The second kappa shape index (κ2) is 5.36. The molecule has 1 saturated carbocycles. The van der Waals surface area contributed by atoms with Crippen LogP contribution in [0.15, 0.2) is 18.2 Å². The standard InChI is InChI=1S/C13H14F3NOS/c14-13(15,16)11-7-9(3-4-10(11)12(17)19)18-6-5-8-1-2-8/h3-4,7-8H,1-2,5-6H2,(H2,17,19). The molecule has 0 unspecified atom stereocenters. The number of halogens is 3. The van der Waals surface area contributed by atoms with Crippen molar-refractivity contribution >= 4 is 17.2 Å². The van der Waals surface area contributed by atoms with Crippen LogP contribution in [0.3, 0.4) is 0 Å². The van der Waals surface area contributed by atoms with Crippen molar-refractivity contribution in [2.45, 2.75) is 25.4 Å². The van der Waals surface area contributed by atoms with Gasteiger partial charge in [-0.15, -0.1) is 0 Å². The minimum absolute atomic E-state index is 0.169. The highest BCUT2D eigenvalue weighted by Gasteiger charge is 2.34. The van der Waals surface area contributed by atoms with Crippen molar-refractivity contribution < 1.29 is 17.9 Å². The quantitative estimate of drug-likeness (QED) is 0.842. The Labute approximate surface area is 114 Å². The predicted molar refractivity (Wildman–Crippen MR) is 70.2 cm³/mol. The summed E-state index contributed by atoms with van der Waals surface area (Å²) in [7, 11) is 0. The van der Waals surface area contributed by atoms with Crippen molar-refractivity contribution in [3.05, 3.63) is 29.3 Å². The van der Waals surface area contributed by atoms with Gasteiger partial charge in [-0.05, 0) is 30.5 Å². The zero-order valence-electron chi connectivity index (χ0n) is 10.2. The molecule has 2 rings (SSSR count). The number of benzene rings is 1. The highest BCUT2D eigenvalue weighted by atomic mass is 32.1. The van der Waals surface area contributed by atoms with E-state index in [4.69, 9.17) is 10.5 Å². The van der Waals surface area contributed by atoms with Crippen LogP contribution in [0.25, 0.3) is 0 Å². The van der Waals surface area contributed by atoms with E-state index in [1.165, 1.54) is 25.0 Å². The Morgan fingerprint density at radius 2 is 2.05 bits per heavy atom. The summed E-state index contributed by atoms with van der Waals surface area (Å²) >= 11 is 4.63. The molecule has 104 valence electrons. The third-order valence-corrected chi connectivity index (χ3v) is 3.27. The molecule has 2 nitrogen and oxygen atoms in total. The molecule has 1 aliphatic rings. The van der Waals surface area contributed by atoms with Gasteiger partial charge in [0, 0.05) is 5.56 Å². The maximum Gasteiger partial charge on any atom is 0.417 e.